The van der Waals surface area contributed by atoms with Gasteiger partial charge in [-0.25, -0.2) is 0 Å². The van der Waals surface area contributed by atoms with Gasteiger partial charge in [-0.1, -0.05) is 6.92 Å². The van der Waals surface area contributed by atoms with Crippen LogP contribution in [0.15, 0.2) is 0 Å². The van der Waals surface area contributed by atoms with Crippen molar-refractivity contribution in [3.8, 4) is 0 Å². The molecule has 1 saturated carbocycles. The van der Waals surface area contributed by atoms with E-state index in [1.165, 1.54) is 6.92 Å². The van der Waals surface area contributed by atoms with Gasteiger partial charge in [0.2, 0.25) is 0 Å². The Morgan fingerprint density at radius 3 is 2.00 bits per heavy atom. The lowest BCUT2D eigenvalue weighted by Gasteiger charge is -2.31. The van der Waals surface area contributed by atoms with Gasteiger partial charge in [0.1, 0.15) is 0 Å². The fourth-order valence-electron chi connectivity index (χ4n) is 2.51. The van der Waals surface area contributed by atoms with E-state index in [1.54, 1.807) is 6.92 Å². The maximum absolute atomic E-state index is 11.1. The SMILES string of the molecule is CC[C@](C)([N+](=O)[O-])C1([N+](=O)[O-])CCCC1. The Kier molecular flexibility index (Phi) is 2.97. The van der Waals surface area contributed by atoms with Crippen LogP contribution < -0.4 is 0 Å². The molecular weight excluding hydrogens is 200 g/mol. The van der Waals surface area contributed by atoms with Crippen LogP contribution in [-0.4, -0.2) is 20.9 Å². The van der Waals surface area contributed by atoms with Crippen LogP contribution in [0.3, 0.4) is 0 Å². The summed E-state index contributed by atoms with van der Waals surface area (Å²) in [5, 5.41) is 22.2. The fourth-order valence-corrected chi connectivity index (χ4v) is 2.51. The Morgan fingerprint density at radius 1 is 1.27 bits per heavy atom. The molecule has 0 saturated heterocycles. The molecule has 0 radical (unpaired) electrons. The lowest BCUT2D eigenvalue weighted by Crippen LogP contribution is -2.59. The first-order valence-corrected chi connectivity index (χ1v) is 5.20. The standard InChI is InChI=1S/C9H16N2O4/c1-3-8(2,10(12)13)9(11(14)15)6-4-5-7-9/h3-7H2,1-2H3/t8-/m0/s1. The Balaban J connectivity index is 3.18. The molecule has 0 aromatic rings. The molecule has 6 nitrogen and oxygen atoms in total. The monoisotopic (exact) mass is 216 g/mol. The van der Waals surface area contributed by atoms with Crippen molar-refractivity contribution in [3.63, 3.8) is 0 Å². The highest BCUT2D eigenvalue weighted by Gasteiger charge is 2.67. The van der Waals surface area contributed by atoms with Crippen LogP contribution in [0.1, 0.15) is 46.0 Å². The number of hydrogen-bond acceptors (Lipinski definition) is 4. The average molecular weight is 216 g/mol. The Labute approximate surface area is 88.0 Å². The van der Waals surface area contributed by atoms with Gasteiger partial charge >= 0.3 is 0 Å². The van der Waals surface area contributed by atoms with Gasteiger partial charge in [0.05, 0.1) is 0 Å². The molecule has 1 atom stereocenters. The third kappa shape index (κ3) is 1.48. The second-order valence-electron chi connectivity index (χ2n) is 4.38. The van der Waals surface area contributed by atoms with Gasteiger partial charge in [0.25, 0.3) is 11.1 Å². The van der Waals surface area contributed by atoms with Gasteiger partial charge in [-0.15, -0.1) is 0 Å². The van der Waals surface area contributed by atoms with E-state index in [9.17, 15) is 20.2 Å². The number of rotatable bonds is 4. The summed E-state index contributed by atoms with van der Waals surface area (Å²) < 4.78 is 0. The third-order valence-electron chi connectivity index (χ3n) is 3.87. The van der Waals surface area contributed by atoms with E-state index < -0.39 is 20.9 Å². The smallest absolute Gasteiger partial charge is 0.264 e. The molecule has 0 aliphatic heterocycles. The molecule has 0 aromatic carbocycles. The maximum Gasteiger partial charge on any atom is 0.290 e. The van der Waals surface area contributed by atoms with Gasteiger partial charge < -0.3 is 0 Å². The van der Waals surface area contributed by atoms with Crippen LogP contribution in [0.25, 0.3) is 0 Å². The van der Waals surface area contributed by atoms with Crippen LogP contribution in [0.5, 0.6) is 0 Å². The van der Waals surface area contributed by atoms with E-state index in [0.29, 0.717) is 25.7 Å². The van der Waals surface area contributed by atoms with Crippen LogP contribution in [0, 0.1) is 20.2 Å². The molecule has 0 aromatic heterocycles. The van der Waals surface area contributed by atoms with E-state index in [-0.39, 0.29) is 6.42 Å². The molecular formula is C9H16N2O4. The van der Waals surface area contributed by atoms with E-state index in [0.717, 1.165) is 0 Å². The van der Waals surface area contributed by atoms with Crippen LogP contribution in [0.2, 0.25) is 0 Å². The van der Waals surface area contributed by atoms with Crippen molar-refractivity contribution in [2.45, 2.75) is 57.0 Å². The second-order valence-corrected chi connectivity index (χ2v) is 4.38. The zero-order chi connectivity index (χ0) is 11.7. The molecule has 1 fully saturated rings. The van der Waals surface area contributed by atoms with Gasteiger partial charge in [-0.2, -0.15) is 0 Å². The normalized spacial score (nSPS) is 23.3. The van der Waals surface area contributed by atoms with Gasteiger partial charge in [0, 0.05) is 36.0 Å². The topological polar surface area (TPSA) is 86.3 Å². The van der Waals surface area contributed by atoms with Crippen LogP contribution >= 0.6 is 0 Å². The summed E-state index contributed by atoms with van der Waals surface area (Å²) in [6.45, 7) is 3.05. The Bertz CT molecular complexity index is 286. The Hall–Kier alpha value is -1.20. The van der Waals surface area contributed by atoms with E-state index in [4.69, 9.17) is 0 Å². The highest BCUT2D eigenvalue weighted by Crippen LogP contribution is 2.44. The van der Waals surface area contributed by atoms with Crippen molar-refractivity contribution in [1.29, 1.82) is 0 Å². The molecule has 0 spiro atoms. The predicted molar refractivity (Wildman–Crippen MR) is 53.9 cm³/mol. The quantitative estimate of drug-likeness (QED) is 0.531. The molecule has 0 amide bonds. The van der Waals surface area contributed by atoms with E-state index in [2.05, 4.69) is 0 Å². The summed E-state index contributed by atoms with van der Waals surface area (Å²) in [5.74, 6) is 0. The summed E-state index contributed by atoms with van der Waals surface area (Å²) >= 11 is 0. The first-order valence-electron chi connectivity index (χ1n) is 5.20. The first kappa shape index (κ1) is 11.9. The van der Waals surface area contributed by atoms with Crippen LogP contribution in [-0.2, 0) is 0 Å². The summed E-state index contributed by atoms with van der Waals surface area (Å²) in [6, 6.07) is 0. The molecule has 1 aliphatic rings. The molecule has 0 N–H and O–H groups in total. The summed E-state index contributed by atoms with van der Waals surface area (Å²) in [4.78, 5) is 21.3. The zero-order valence-electron chi connectivity index (χ0n) is 9.06. The minimum Gasteiger partial charge on any atom is -0.264 e. The van der Waals surface area contributed by atoms with Gasteiger partial charge in [0.15, 0.2) is 0 Å². The lowest BCUT2D eigenvalue weighted by molar-refractivity contribution is -0.682. The largest absolute Gasteiger partial charge is 0.290 e. The highest BCUT2D eigenvalue weighted by molar-refractivity contribution is 5.00. The Morgan fingerprint density at radius 2 is 1.73 bits per heavy atom. The summed E-state index contributed by atoms with van der Waals surface area (Å²) in [6.07, 6.45) is 2.27. The van der Waals surface area contributed by atoms with Crippen molar-refractivity contribution in [2.24, 2.45) is 0 Å². The average Bonchev–Trinajstić information content (AvgIpc) is 2.66. The minimum absolute atomic E-state index is 0.195. The third-order valence-corrected chi connectivity index (χ3v) is 3.87. The van der Waals surface area contributed by atoms with Gasteiger partial charge in [-0.05, 0) is 12.8 Å². The van der Waals surface area contributed by atoms with Crippen molar-refractivity contribution >= 4 is 0 Å². The first-order chi connectivity index (χ1) is 6.90. The fraction of sp³-hybridized carbons (Fsp3) is 1.00. The molecule has 1 rings (SSSR count). The van der Waals surface area contributed by atoms with Crippen molar-refractivity contribution < 1.29 is 9.85 Å². The lowest BCUT2D eigenvalue weighted by atomic mass is 9.75. The number of hydrogen-bond donors (Lipinski definition) is 0. The highest BCUT2D eigenvalue weighted by atomic mass is 16.6. The number of nitro groups is 2. The summed E-state index contributed by atoms with van der Waals surface area (Å²) in [5.41, 5.74) is -2.79. The number of nitrogens with zero attached hydrogens (tertiary/aromatic N) is 2. The van der Waals surface area contributed by atoms with Crippen molar-refractivity contribution in [1.82, 2.24) is 0 Å². The van der Waals surface area contributed by atoms with Crippen LogP contribution in [0.4, 0.5) is 0 Å². The van der Waals surface area contributed by atoms with E-state index in [1.807, 2.05) is 0 Å². The minimum atomic E-state index is -1.44. The molecule has 0 unspecified atom stereocenters. The molecule has 0 bridgehead atoms. The maximum atomic E-state index is 11.1. The summed E-state index contributed by atoms with van der Waals surface area (Å²) in [7, 11) is 0. The van der Waals surface area contributed by atoms with E-state index >= 15 is 0 Å². The van der Waals surface area contributed by atoms with Gasteiger partial charge in [-0.3, -0.25) is 20.2 Å². The van der Waals surface area contributed by atoms with Crippen molar-refractivity contribution in [3.05, 3.63) is 20.2 Å². The van der Waals surface area contributed by atoms with Crippen molar-refractivity contribution in [2.75, 3.05) is 0 Å². The molecule has 1 aliphatic carbocycles. The predicted octanol–water partition coefficient (Wildman–Crippen LogP) is 2.02. The molecule has 6 heteroatoms. The molecule has 0 heterocycles. The second kappa shape index (κ2) is 3.75. The zero-order valence-corrected chi connectivity index (χ0v) is 9.06. The molecule has 15 heavy (non-hydrogen) atoms. The molecule has 86 valence electrons.